The van der Waals surface area contributed by atoms with Crippen LogP contribution in [0.3, 0.4) is 0 Å². The highest BCUT2D eigenvalue weighted by Crippen LogP contribution is 2.13. The van der Waals surface area contributed by atoms with E-state index in [9.17, 15) is 4.79 Å². The van der Waals surface area contributed by atoms with E-state index < -0.39 is 5.60 Å². The van der Waals surface area contributed by atoms with Crippen molar-refractivity contribution < 1.29 is 9.53 Å². The molecule has 0 saturated heterocycles. The minimum absolute atomic E-state index is 0.0755. The predicted molar refractivity (Wildman–Crippen MR) is 86.6 cm³/mol. The molecule has 0 aliphatic heterocycles. The molecule has 0 aromatic rings. The van der Waals surface area contributed by atoms with Crippen LogP contribution < -0.4 is 0 Å². The standard InChI is InChI=1S/C18H30O2/c1-6-7-8-9-10-11-12-13-14-15-16(2)17(19)20-18(3,4)5/h7-10,13-14,16H,6,11-12,15H2,1-5H3/b8-7+,10-9+,14-13+. The lowest BCUT2D eigenvalue weighted by Crippen LogP contribution is -2.27. The molecule has 20 heavy (non-hydrogen) atoms. The Bertz CT molecular complexity index is 343. The average Bonchev–Trinajstić information content (AvgIpc) is 2.34. The Morgan fingerprint density at radius 3 is 2.25 bits per heavy atom. The van der Waals surface area contributed by atoms with Gasteiger partial charge in [-0.25, -0.2) is 0 Å². The van der Waals surface area contributed by atoms with Gasteiger partial charge in [0.05, 0.1) is 5.92 Å². The second-order valence-corrected chi connectivity index (χ2v) is 5.98. The molecule has 114 valence electrons. The van der Waals surface area contributed by atoms with E-state index in [0.29, 0.717) is 0 Å². The molecule has 0 radical (unpaired) electrons. The fourth-order valence-electron chi connectivity index (χ4n) is 1.50. The van der Waals surface area contributed by atoms with Gasteiger partial charge >= 0.3 is 5.97 Å². The number of allylic oxidation sites excluding steroid dienone is 6. The second-order valence-electron chi connectivity index (χ2n) is 5.98. The van der Waals surface area contributed by atoms with E-state index in [2.05, 4.69) is 43.4 Å². The molecule has 0 aliphatic rings. The third kappa shape index (κ3) is 11.8. The first kappa shape index (κ1) is 18.7. The molecule has 2 heteroatoms. The minimum atomic E-state index is -0.397. The average molecular weight is 278 g/mol. The molecular weight excluding hydrogens is 248 g/mol. The molecule has 0 aliphatic carbocycles. The summed E-state index contributed by atoms with van der Waals surface area (Å²) in [6.45, 7) is 9.72. The highest BCUT2D eigenvalue weighted by atomic mass is 16.6. The van der Waals surface area contributed by atoms with Crippen LogP contribution in [0.15, 0.2) is 36.5 Å². The van der Waals surface area contributed by atoms with Gasteiger partial charge in [0.25, 0.3) is 0 Å². The van der Waals surface area contributed by atoms with Crippen molar-refractivity contribution in [1.29, 1.82) is 0 Å². The van der Waals surface area contributed by atoms with Crippen LogP contribution in [0.25, 0.3) is 0 Å². The summed E-state index contributed by atoms with van der Waals surface area (Å²) < 4.78 is 5.34. The molecular formula is C18H30O2. The number of hydrogen-bond acceptors (Lipinski definition) is 2. The fourth-order valence-corrected chi connectivity index (χ4v) is 1.50. The van der Waals surface area contributed by atoms with Crippen molar-refractivity contribution in [2.24, 2.45) is 5.92 Å². The largest absolute Gasteiger partial charge is 0.460 e. The number of rotatable bonds is 8. The molecule has 0 bridgehead atoms. The Hall–Kier alpha value is -1.31. The predicted octanol–water partition coefficient (Wildman–Crippen LogP) is 5.21. The molecule has 1 unspecified atom stereocenters. The maximum absolute atomic E-state index is 11.8. The third-order valence-corrected chi connectivity index (χ3v) is 2.58. The molecule has 0 saturated carbocycles. The van der Waals surface area contributed by atoms with Crippen molar-refractivity contribution in [1.82, 2.24) is 0 Å². The van der Waals surface area contributed by atoms with Crippen molar-refractivity contribution in [2.75, 3.05) is 0 Å². The molecule has 0 aromatic carbocycles. The lowest BCUT2D eigenvalue weighted by atomic mass is 10.1. The summed E-state index contributed by atoms with van der Waals surface area (Å²) in [4.78, 5) is 11.8. The summed E-state index contributed by atoms with van der Waals surface area (Å²) in [6, 6.07) is 0. The van der Waals surface area contributed by atoms with E-state index in [0.717, 1.165) is 25.7 Å². The van der Waals surface area contributed by atoms with Crippen LogP contribution in [-0.4, -0.2) is 11.6 Å². The lowest BCUT2D eigenvalue weighted by molar-refractivity contribution is -0.159. The maximum atomic E-state index is 11.8. The number of ether oxygens (including phenoxy) is 1. The van der Waals surface area contributed by atoms with Crippen LogP contribution in [0.1, 0.15) is 60.3 Å². The number of carbonyl (C=O) groups is 1. The Morgan fingerprint density at radius 2 is 1.65 bits per heavy atom. The van der Waals surface area contributed by atoms with E-state index >= 15 is 0 Å². The van der Waals surface area contributed by atoms with Crippen molar-refractivity contribution >= 4 is 5.97 Å². The number of carbonyl (C=O) groups excluding carboxylic acids is 1. The molecule has 0 spiro atoms. The Kier molecular flexibility index (Phi) is 9.79. The van der Waals surface area contributed by atoms with Crippen LogP contribution in [0.4, 0.5) is 0 Å². The van der Waals surface area contributed by atoms with Gasteiger partial charge in [-0.3, -0.25) is 4.79 Å². The first-order chi connectivity index (χ1) is 9.37. The molecule has 0 heterocycles. The van der Waals surface area contributed by atoms with Crippen LogP contribution in [0.5, 0.6) is 0 Å². The van der Waals surface area contributed by atoms with E-state index in [1.165, 1.54) is 0 Å². The van der Waals surface area contributed by atoms with Gasteiger partial charge in [0, 0.05) is 0 Å². The topological polar surface area (TPSA) is 26.3 Å². The first-order valence-electron chi connectivity index (χ1n) is 7.56. The number of esters is 1. The highest BCUT2D eigenvalue weighted by molar-refractivity contribution is 5.72. The van der Waals surface area contributed by atoms with Crippen molar-refractivity contribution in [3.05, 3.63) is 36.5 Å². The normalized spacial score (nSPS) is 14.4. The van der Waals surface area contributed by atoms with Gasteiger partial charge in [0.2, 0.25) is 0 Å². The molecule has 0 rings (SSSR count). The van der Waals surface area contributed by atoms with Crippen molar-refractivity contribution in [3.8, 4) is 0 Å². The Balaban J connectivity index is 3.81. The maximum Gasteiger partial charge on any atom is 0.309 e. The van der Waals surface area contributed by atoms with Gasteiger partial charge in [-0.15, -0.1) is 0 Å². The van der Waals surface area contributed by atoms with Crippen molar-refractivity contribution in [3.63, 3.8) is 0 Å². The van der Waals surface area contributed by atoms with Crippen molar-refractivity contribution in [2.45, 2.75) is 65.9 Å². The van der Waals surface area contributed by atoms with E-state index in [4.69, 9.17) is 4.74 Å². The molecule has 0 amide bonds. The van der Waals surface area contributed by atoms with Gasteiger partial charge in [-0.05, 0) is 46.5 Å². The summed E-state index contributed by atoms with van der Waals surface area (Å²) in [5, 5.41) is 0. The molecule has 2 nitrogen and oxygen atoms in total. The summed E-state index contributed by atoms with van der Waals surface area (Å²) >= 11 is 0. The van der Waals surface area contributed by atoms with Gasteiger partial charge in [0.15, 0.2) is 0 Å². The van der Waals surface area contributed by atoms with Gasteiger partial charge in [0.1, 0.15) is 5.60 Å². The molecule has 0 fully saturated rings. The summed E-state index contributed by atoms with van der Waals surface area (Å²) in [5.74, 6) is -0.194. The number of unbranched alkanes of at least 4 members (excludes halogenated alkanes) is 1. The zero-order chi connectivity index (χ0) is 15.4. The Morgan fingerprint density at radius 1 is 1.05 bits per heavy atom. The Labute approximate surface area is 124 Å². The monoisotopic (exact) mass is 278 g/mol. The highest BCUT2D eigenvalue weighted by Gasteiger charge is 2.20. The zero-order valence-electron chi connectivity index (χ0n) is 13.7. The number of hydrogen-bond donors (Lipinski definition) is 0. The van der Waals surface area contributed by atoms with Gasteiger partial charge < -0.3 is 4.74 Å². The van der Waals surface area contributed by atoms with Crippen LogP contribution in [0, 0.1) is 5.92 Å². The summed E-state index contributed by atoms with van der Waals surface area (Å²) in [5.41, 5.74) is -0.397. The molecule has 0 aromatic heterocycles. The van der Waals surface area contributed by atoms with E-state index in [1.54, 1.807) is 0 Å². The second kappa shape index (κ2) is 10.5. The van der Waals surface area contributed by atoms with E-state index in [1.807, 2.05) is 27.7 Å². The van der Waals surface area contributed by atoms with Gasteiger partial charge in [-0.2, -0.15) is 0 Å². The lowest BCUT2D eigenvalue weighted by Gasteiger charge is -2.21. The van der Waals surface area contributed by atoms with Crippen LogP contribution in [0.2, 0.25) is 0 Å². The quantitative estimate of drug-likeness (QED) is 0.263. The first-order valence-corrected chi connectivity index (χ1v) is 7.56. The smallest absolute Gasteiger partial charge is 0.309 e. The minimum Gasteiger partial charge on any atom is -0.460 e. The third-order valence-electron chi connectivity index (χ3n) is 2.58. The molecule has 0 N–H and O–H groups in total. The van der Waals surface area contributed by atoms with Crippen LogP contribution >= 0.6 is 0 Å². The fraction of sp³-hybridized carbons (Fsp3) is 0.611. The van der Waals surface area contributed by atoms with E-state index in [-0.39, 0.29) is 11.9 Å². The summed E-state index contributed by atoms with van der Waals surface area (Å²) in [7, 11) is 0. The zero-order valence-corrected chi connectivity index (χ0v) is 13.7. The summed E-state index contributed by atoms with van der Waals surface area (Å²) in [6.07, 6.45) is 16.5. The van der Waals surface area contributed by atoms with Crippen LogP contribution in [-0.2, 0) is 9.53 Å². The molecule has 1 atom stereocenters. The van der Waals surface area contributed by atoms with Gasteiger partial charge in [-0.1, -0.05) is 50.3 Å². The SMILES string of the molecule is CC/C=C/C=C/CC/C=C/CC(C)C(=O)OC(C)(C)C.